The first-order chi connectivity index (χ1) is 10.1. The third-order valence-corrected chi connectivity index (χ3v) is 4.88. The van der Waals surface area contributed by atoms with Gasteiger partial charge in [0.1, 0.15) is 0 Å². The Morgan fingerprint density at radius 3 is 2.52 bits per heavy atom. The van der Waals surface area contributed by atoms with Gasteiger partial charge in [0, 0.05) is 31.2 Å². The predicted molar refractivity (Wildman–Crippen MR) is 91.6 cm³/mol. The fourth-order valence-electron chi connectivity index (χ4n) is 3.49. The van der Waals surface area contributed by atoms with Gasteiger partial charge < -0.3 is 5.32 Å². The quantitative estimate of drug-likeness (QED) is 0.858. The van der Waals surface area contributed by atoms with E-state index < -0.39 is 0 Å². The third-order valence-electron chi connectivity index (χ3n) is 4.88. The highest BCUT2D eigenvalue weighted by Crippen LogP contribution is 2.21. The molecule has 3 atom stereocenters. The molecule has 1 N–H and O–H groups in total. The average Bonchev–Trinajstić information content (AvgIpc) is 2.48. The SMILES string of the molecule is CCCC(C)N1CC(C(C)C)NCC1Cc1ccccc1. The van der Waals surface area contributed by atoms with Crippen LogP contribution in [0.2, 0.25) is 0 Å². The molecule has 2 nitrogen and oxygen atoms in total. The van der Waals surface area contributed by atoms with Crippen LogP contribution in [0, 0.1) is 5.92 Å². The summed E-state index contributed by atoms with van der Waals surface area (Å²) in [6.07, 6.45) is 3.73. The molecule has 1 aliphatic heterocycles. The van der Waals surface area contributed by atoms with Crippen LogP contribution in [0.4, 0.5) is 0 Å². The smallest absolute Gasteiger partial charge is 0.0264 e. The summed E-state index contributed by atoms with van der Waals surface area (Å²) in [5.74, 6) is 0.707. The molecule has 0 radical (unpaired) electrons. The summed E-state index contributed by atoms with van der Waals surface area (Å²) < 4.78 is 0. The maximum Gasteiger partial charge on any atom is 0.0264 e. The molecule has 2 heteroatoms. The van der Waals surface area contributed by atoms with Crippen molar-refractivity contribution in [3.8, 4) is 0 Å². The van der Waals surface area contributed by atoms with Crippen molar-refractivity contribution < 1.29 is 0 Å². The van der Waals surface area contributed by atoms with Crippen molar-refractivity contribution in [2.45, 2.75) is 65.1 Å². The first-order valence-electron chi connectivity index (χ1n) is 8.64. The molecular formula is C19H32N2. The molecule has 0 spiro atoms. The van der Waals surface area contributed by atoms with Crippen LogP contribution in [0.5, 0.6) is 0 Å². The summed E-state index contributed by atoms with van der Waals surface area (Å²) in [5.41, 5.74) is 1.46. The van der Waals surface area contributed by atoms with Gasteiger partial charge in [-0.25, -0.2) is 0 Å². The summed E-state index contributed by atoms with van der Waals surface area (Å²) >= 11 is 0. The summed E-state index contributed by atoms with van der Waals surface area (Å²) in [5, 5.41) is 3.77. The number of hydrogen-bond acceptors (Lipinski definition) is 2. The Labute approximate surface area is 130 Å². The lowest BCUT2D eigenvalue weighted by Crippen LogP contribution is -2.60. The highest BCUT2D eigenvalue weighted by molar-refractivity contribution is 5.16. The zero-order chi connectivity index (χ0) is 15.2. The van der Waals surface area contributed by atoms with E-state index in [2.05, 4.69) is 68.2 Å². The van der Waals surface area contributed by atoms with E-state index in [-0.39, 0.29) is 0 Å². The lowest BCUT2D eigenvalue weighted by Gasteiger charge is -2.45. The molecule has 1 aromatic carbocycles. The standard InChI is InChI=1S/C19H32N2/c1-5-9-16(4)21-14-19(15(2)3)20-13-18(21)12-17-10-7-6-8-11-17/h6-8,10-11,15-16,18-20H,5,9,12-14H2,1-4H3. The zero-order valence-electron chi connectivity index (χ0n) is 14.2. The molecule has 0 saturated carbocycles. The maximum atomic E-state index is 3.77. The molecule has 0 aromatic heterocycles. The van der Waals surface area contributed by atoms with Crippen LogP contribution in [0.3, 0.4) is 0 Å². The largest absolute Gasteiger partial charge is 0.311 e. The van der Waals surface area contributed by atoms with Crippen molar-refractivity contribution >= 4 is 0 Å². The van der Waals surface area contributed by atoms with Crippen LogP contribution < -0.4 is 5.32 Å². The first kappa shape index (κ1) is 16.5. The molecule has 3 unspecified atom stereocenters. The Kier molecular flexibility index (Phi) is 6.25. The van der Waals surface area contributed by atoms with E-state index in [0.29, 0.717) is 24.0 Å². The van der Waals surface area contributed by atoms with Gasteiger partial charge in [-0.2, -0.15) is 0 Å². The Morgan fingerprint density at radius 1 is 1.19 bits per heavy atom. The van der Waals surface area contributed by atoms with Crippen molar-refractivity contribution in [2.75, 3.05) is 13.1 Å². The Morgan fingerprint density at radius 2 is 1.90 bits per heavy atom. The molecular weight excluding hydrogens is 256 g/mol. The van der Waals surface area contributed by atoms with Gasteiger partial charge in [-0.05, 0) is 31.2 Å². The number of benzene rings is 1. The second kappa shape index (κ2) is 7.95. The fourth-order valence-corrected chi connectivity index (χ4v) is 3.49. The number of nitrogens with zero attached hydrogens (tertiary/aromatic N) is 1. The number of hydrogen-bond donors (Lipinski definition) is 1. The molecule has 1 aromatic rings. The molecule has 0 amide bonds. The number of rotatable bonds is 6. The maximum absolute atomic E-state index is 3.77. The molecule has 2 rings (SSSR count). The Bertz CT molecular complexity index is 401. The van der Waals surface area contributed by atoms with Crippen molar-refractivity contribution in [1.29, 1.82) is 0 Å². The second-order valence-corrected chi connectivity index (χ2v) is 6.94. The minimum atomic E-state index is 0.629. The summed E-state index contributed by atoms with van der Waals surface area (Å²) in [4.78, 5) is 2.76. The highest BCUT2D eigenvalue weighted by atomic mass is 15.3. The molecule has 0 bridgehead atoms. The number of nitrogens with one attached hydrogen (secondary N) is 1. The van der Waals surface area contributed by atoms with E-state index in [9.17, 15) is 0 Å². The van der Waals surface area contributed by atoms with Gasteiger partial charge >= 0.3 is 0 Å². The fraction of sp³-hybridized carbons (Fsp3) is 0.684. The van der Waals surface area contributed by atoms with Crippen LogP contribution in [0.25, 0.3) is 0 Å². The van der Waals surface area contributed by atoms with Gasteiger partial charge in [0.05, 0.1) is 0 Å². The number of piperazine rings is 1. The highest BCUT2D eigenvalue weighted by Gasteiger charge is 2.31. The van der Waals surface area contributed by atoms with Crippen LogP contribution in [-0.4, -0.2) is 36.1 Å². The van der Waals surface area contributed by atoms with E-state index >= 15 is 0 Å². The van der Waals surface area contributed by atoms with E-state index in [1.54, 1.807) is 0 Å². The van der Waals surface area contributed by atoms with Crippen molar-refractivity contribution in [1.82, 2.24) is 10.2 Å². The van der Waals surface area contributed by atoms with Gasteiger partial charge in [-0.15, -0.1) is 0 Å². The monoisotopic (exact) mass is 288 g/mol. The summed E-state index contributed by atoms with van der Waals surface area (Å²) in [7, 11) is 0. The molecule has 0 aliphatic carbocycles. The predicted octanol–water partition coefficient (Wildman–Crippen LogP) is 3.72. The topological polar surface area (TPSA) is 15.3 Å². The van der Waals surface area contributed by atoms with Crippen LogP contribution in [0.15, 0.2) is 30.3 Å². The van der Waals surface area contributed by atoms with E-state index in [1.807, 2.05) is 0 Å². The van der Waals surface area contributed by atoms with Gasteiger partial charge in [-0.1, -0.05) is 57.5 Å². The van der Waals surface area contributed by atoms with Crippen molar-refractivity contribution in [3.05, 3.63) is 35.9 Å². The van der Waals surface area contributed by atoms with Gasteiger partial charge in [0.15, 0.2) is 0 Å². The van der Waals surface area contributed by atoms with Crippen molar-refractivity contribution in [2.24, 2.45) is 5.92 Å². The van der Waals surface area contributed by atoms with E-state index in [0.717, 1.165) is 13.0 Å². The lowest BCUT2D eigenvalue weighted by molar-refractivity contribution is 0.0720. The Hall–Kier alpha value is -0.860. The minimum absolute atomic E-state index is 0.629. The molecule has 1 saturated heterocycles. The molecule has 1 aliphatic rings. The molecule has 118 valence electrons. The van der Waals surface area contributed by atoms with Crippen LogP contribution in [0.1, 0.15) is 46.1 Å². The third kappa shape index (κ3) is 4.55. The molecule has 1 heterocycles. The second-order valence-electron chi connectivity index (χ2n) is 6.94. The van der Waals surface area contributed by atoms with E-state index in [1.165, 1.54) is 24.9 Å². The van der Waals surface area contributed by atoms with Gasteiger partial charge in [0.2, 0.25) is 0 Å². The van der Waals surface area contributed by atoms with Crippen LogP contribution >= 0.6 is 0 Å². The zero-order valence-corrected chi connectivity index (χ0v) is 14.2. The van der Waals surface area contributed by atoms with Gasteiger partial charge in [-0.3, -0.25) is 4.90 Å². The molecule has 1 fully saturated rings. The Balaban J connectivity index is 2.06. The van der Waals surface area contributed by atoms with Crippen LogP contribution in [-0.2, 0) is 6.42 Å². The summed E-state index contributed by atoms with van der Waals surface area (Å²) in [6.45, 7) is 11.7. The molecule has 21 heavy (non-hydrogen) atoms. The summed E-state index contributed by atoms with van der Waals surface area (Å²) in [6, 6.07) is 12.9. The normalized spacial score (nSPS) is 25.2. The average molecular weight is 288 g/mol. The van der Waals surface area contributed by atoms with Gasteiger partial charge in [0.25, 0.3) is 0 Å². The van der Waals surface area contributed by atoms with E-state index in [4.69, 9.17) is 0 Å². The first-order valence-corrected chi connectivity index (χ1v) is 8.64. The minimum Gasteiger partial charge on any atom is -0.311 e. The lowest BCUT2D eigenvalue weighted by atomic mass is 9.94. The van der Waals surface area contributed by atoms with Crippen molar-refractivity contribution in [3.63, 3.8) is 0 Å².